The average molecular weight is 1390 g/mol. The van der Waals surface area contributed by atoms with Crippen molar-refractivity contribution in [2.75, 3.05) is 26.4 Å². The number of allylic oxidation sites excluding steroid dienone is 2. The van der Waals surface area contributed by atoms with Crippen LogP contribution >= 0.6 is 0 Å². The molecule has 0 aliphatic carbocycles. The van der Waals surface area contributed by atoms with Crippen LogP contribution in [0.3, 0.4) is 0 Å². The summed E-state index contributed by atoms with van der Waals surface area (Å²) in [5.74, 6) is -0.239. The number of hydrogen-bond acceptors (Lipinski definition) is 18. The molecule has 3 rings (SSSR count). The summed E-state index contributed by atoms with van der Waals surface area (Å²) >= 11 is 0. The minimum Gasteiger partial charge on any atom is -0.394 e. The Balaban J connectivity index is 1.34. The normalized spacial score (nSPS) is 26.9. The molecular weight excluding hydrogens is 1240 g/mol. The van der Waals surface area contributed by atoms with E-state index in [0.29, 0.717) is 12.8 Å². The number of carbonyl (C=O) groups excluding carboxylic acids is 1. The first kappa shape index (κ1) is 89.7. The Morgan fingerprint density at radius 3 is 1.00 bits per heavy atom. The third kappa shape index (κ3) is 40.4. The van der Waals surface area contributed by atoms with E-state index in [2.05, 4.69) is 31.3 Å². The molecule has 19 nitrogen and oxygen atoms in total. The highest BCUT2D eigenvalue weighted by atomic mass is 16.8. The highest BCUT2D eigenvalue weighted by Gasteiger charge is 2.54. The molecule has 17 atom stereocenters. The molecule has 97 heavy (non-hydrogen) atoms. The number of aliphatic hydroxyl groups is 11. The van der Waals surface area contributed by atoms with Crippen molar-refractivity contribution in [2.45, 2.75) is 452 Å². The summed E-state index contributed by atoms with van der Waals surface area (Å²) < 4.78 is 34.5. The molecule has 12 N–H and O–H groups in total. The van der Waals surface area contributed by atoms with Gasteiger partial charge in [0.05, 0.1) is 38.6 Å². The fourth-order valence-electron chi connectivity index (χ4n) is 14.1. The predicted molar refractivity (Wildman–Crippen MR) is 383 cm³/mol. The first-order valence-electron chi connectivity index (χ1n) is 40.4. The first-order valence-corrected chi connectivity index (χ1v) is 40.4. The van der Waals surface area contributed by atoms with Crippen LogP contribution in [0.4, 0.5) is 0 Å². The highest BCUT2D eigenvalue weighted by Crippen LogP contribution is 2.33. The van der Waals surface area contributed by atoms with Crippen molar-refractivity contribution >= 4 is 5.91 Å². The van der Waals surface area contributed by atoms with Gasteiger partial charge in [0.15, 0.2) is 18.9 Å². The lowest BCUT2D eigenvalue weighted by molar-refractivity contribution is -0.379. The number of rotatable bonds is 65. The lowest BCUT2D eigenvalue weighted by Gasteiger charge is -2.48. The van der Waals surface area contributed by atoms with Crippen molar-refractivity contribution in [1.29, 1.82) is 0 Å². The number of hydrogen-bond donors (Lipinski definition) is 12. The molecule has 0 saturated carbocycles. The van der Waals surface area contributed by atoms with Gasteiger partial charge in [0, 0.05) is 6.42 Å². The van der Waals surface area contributed by atoms with Crippen LogP contribution in [0.2, 0.25) is 0 Å². The number of carbonyl (C=O) groups is 1. The molecule has 19 heteroatoms. The first-order chi connectivity index (χ1) is 47.3. The van der Waals surface area contributed by atoms with Gasteiger partial charge >= 0.3 is 0 Å². The zero-order chi connectivity index (χ0) is 70.4. The van der Waals surface area contributed by atoms with E-state index in [1.165, 1.54) is 263 Å². The third-order valence-electron chi connectivity index (χ3n) is 20.6. The maximum Gasteiger partial charge on any atom is 0.220 e. The Hall–Kier alpha value is -1.47. The van der Waals surface area contributed by atoms with Gasteiger partial charge in [0.25, 0.3) is 0 Å². The molecule has 1 amide bonds. The standard InChI is InChI=1S/C78H149NO18/c1-3-5-7-9-11-13-15-17-19-21-23-24-25-26-27-28-29-30-31-32-33-34-35-36-38-39-41-43-45-47-49-51-53-55-62(83)61(79-66(84)56-54-52-50-48-46-44-42-40-37-22-20-18-16-14-12-10-8-6-4-2)60-92-76-72(90)69(87)74(64(58-81)94-76)97-78-73(91)70(88)75(65(59-82)95-78)96-77-71(89)68(86)67(85)63(57-80)93-77/h18,20,61-65,67-78,80-83,85-91H,3-17,19,21-60H2,1-2H3,(H,79,84)/b20-18-. The number of amides is 1. The molecule has 0 radical (unpaired) electrons. The van der Waals surface area contributed by atoms with Crippen molar-refractivity contribution < 1.29 is 89.4 Å². The summed E-state index contributed by atoms with van der Waals surface area (Å²) in [5.41, 5.74) is 0. The van der Waals surface area contributed by atoms with E-state index < -0.39 is 124 Å². The van der Waals surface area contributed by atoms with Crippen LogP contribution in [0.1, 0.15) is 348 Å². The van der Waals surface area contributed by atoms with E-state index in [-0.39, 0.29) is 18.9 Å². The zero-order valence-electron chi connectivity index (χ0n) is 61.3. The summed E-state index contributed by atoms with van der Waals surface area (Å²) in [4.78, 5) is 13.5. The van der Waals surface area contributed by atoms with Gasteiger partial charge in [-0.25, -0.2) is 0 Å². The second-order valence-electron chi connectivity index (χ2n) is 29.2. The Labute approximate surface area is 588 Å². The Morgan fingerprint density at radius 1 is 0.361 bits per heavy atom. The minimum atomic E-state index is -1.97. The molecule has 574 valence electrons. The lowest BCUT2D eigenvalue weighted by atomic mass is 9.96. The van der Waals surface area contributed by atoms with Crippen molar-refractivity contribution in [3.8, 4) is 0 Å². The molecule has 3 saturated heterocycles. The van der Waals surface area contributed by atoms with Gasteiger partial charge in [0.2, 0.25) is 5.91 Å². The van der Waals surface area contributed by atoms with Crippen molar-refractivity contribution in [3.63, 3.8) is 0 Å². The van der Waals surface area contributed by atoms with Crippen molar-refractivity contribution in [1.82, 2.24) is 5.32 Å². The molecule has 3 aliphatic rings. The molecule has 0 bridgehead atoms. The maximum atomic E-state index is 13.5. The van der Waals surface area contributed by atoms with Crippen LogP contribution < -0.4 is 5.32 Å². The molecule has 0 aromatic carbocycles. The summed E-state index contributed by atoms with van der Waals surface area (Å²) in [6, 6.07) is -0.887. The number of nitrogens with one attached hydrogen (secondary N) is 1. The quantitative estimate of drug-likeness (QED) is 0.0199. The van der Waals surface area contributed by atoms with E-state index in [1.54, 1.807) is 0 Å². The number of ether oxygens (including phenoxy) is 6. The van der Waals surface area contributed by atoms with Crippen LogP contribution in [-0.4, -0.2) is 193 Å². The number of unbranched alkanes of at least 4 members (excludes halogenated alkanes) is 47. The van der Waals surface area contributed by atoms with Crippen LogP contribution in [0.15, 0.2) is 12.2 Å². The van der Waals surface area contributed by atoms with Gasteiger partial charge in [-0.2, -0.15) is 0 Å². The summed E-state index contributed by atoms with van der Waals surface area (Å²) in [6.45, 7) is 1.85. The maximum absolute atomic E-state index is 13.5. The molecule has 17 unspecified atom stereocenters. The van der Waals surface area contributed by atoms with Crippen LogP contribution in [-0.2, 0) is 33.2 Å². The summed E-state index contributed by atoms with van der Waals surface area (Å²) in [7, 11) is 0. The molecule has 0 aromatic rings. The topological polar surface area (TPSA) is 307 Å². The molecule has 3 heterocycles. The SMILES string of the molecule is CCCCCCCC/C=C\CCCCCCCCCCCC(=O)NC(COC1OC(CO)C(OC2OC(CO)C(OC3OC(CO)C(O)C(O)C3O)C(O)C2O)C(O)C1O)C(O)CCCCCCCCCCCCCCCCCCCCCCCCCCCCCCCCCCC. The highest BCUT2D eigenvalue weighted by molar-refractivity contribution is 5.76. The number of aliphatic hydroxyl groups excluding tert-OH is 11. The molecule has 0 aromatic heterocycles. The zero-order valence-corrected chi connectivity index (χ0v) is 61.3. The van der Waals surface area contributed by atoms with Crippen molar-refractivity contribution in [3.05, 3.63) is 12.2 Å². The Kier molecular flexibility index (Phi) is 55.4. The van der Waals surface area contributed by atoms with Crippen LogP contribution in [0.25, 0.3) is 0 Å². The fourth-order valence-corrected chi connectivity index (χ4v) is 14.1. The van der Waals surface area contributed by atoms with E-state index in [4.69, 9.17) is 28.4 Å². The molecule has 3 aliphatic heterocycles. The Morgan fingerprint density at radius 2 is 0.649 bits per heavy atom. The second-order valence-corrected chi connectivity index (χ2v) is 29.2. The van der Waals surface area contributed by atoms with Gasteiger partial charge in [-0.15, -0.1) is 0 Å². The van der Waals surface area contributed by atoms with E-state index in [9.17, 15) is 61.0 Å². The van der Waals surface area contributed by atoms with E-state index in [1.807, 2.05) is 0 Å². The summed E-state index contributed by atoms with van der Waals surface area (Å²) in [6.07, 6.45) is 43.1. The minimum absolute atomic E-state index is 0.239. The third-order valence-corrected chi connectivity index (χ3v) is 20.6. The Bertz CT molecular complexity index is 1800. The van der Waals surface area contributed by atoms with Gasteiger partial charge in [-0.05, 0) is 38.5 Å². The van der Waals surface area contributed by atoms with Gasteiger partial charge in [-0.1, -0.05) is 315 Å². The van der Waals surface area contributed by atoms with Gasteiger partial charge in [-0.3, -0.25) is 4.79 Å². The van der Waals surface area contributed by atoms with Crippen molar-refractivity contribution in [2.24, 2.45) is 0 Å². The monoisotopic (exact) mass is 1390 g/mol. The second kappa shape index (κ2) is 59.9. The largest absolute Gasteiger partial charge is 0.394 e. The fraction of sp³-hybridized carbons (Fsp3) is 0.962. The molecular formula is C78H149NO18. The van der Waals surface area contributed by atoms with Gasteiger partial charge in [0.1, 0.15) is 73.2 Å². The summed E-state index contributed by atoms with van der Waals surface area (Å²) in [5, 5.41) is 121. The molecule has 3 fully saturated rings. The smallest absolute Gasteiger partial charge is 0.220 e. The molecule has 0 spiro atoms. The van der Waals surface area contributed by atoms with Crippen LogP contribution in [0.5, 0.6) is 0 Å². The van der Waals surface area contributed by atoms with Crippen LogP contribution in [0, 0.1) is 0 Å². The van der Waals surface area contributed by atoms with E-state index in [0.717, 1.165) is 51.4 Å². The lowest BCUT2D eigenvalue weighted by Crippen LogP contribution is -2.66. The van der Waals surface area contributed by atoms with Gasteiger partial charge < -0.3 is 89.9 Å². The van der Waals surface area contributed by atoms with E-state index >= 15 is 0 Å². The predicted octanol–water partition coefficient (Wildman–Crippen LogP) is 13.2. The average Bonchev–Trinajstić information content (AvgIpc) is 0.795.